The molecule has 0 aromatic heterocycles. The maximum absolute atomic E-state index is 5.63. The summed E-state index contributed by atoms with van der Waals surface area (Å²) in [7, 11) is 0.802. The van der Waals surface area contributed by atoms with Crippen molar-refractivity contribution in [1.29, 1.82) is 0 Å². The summed E-state index contributed by atoms with van der Waals surface area (Å²) in [6, 6.07) is 0.765. The van der Waals surface area contributed by atoms with Gasteiger partial charge in [0.15, 0.2) is 0 Å². The summed E-state index contributed by atoms with van der Waals surface area (Å²) >= 11 is 0. The summed E-state index contributed by atoms with van der Waals surface area (Å²) < 4.78 is 16.3. The third-order valence-electron chi connectivity index (χ3n) is 1.98. The summed E-state index contributed by atoms with van der Waals surface area (Å²) in [5, 5.41) is 0. The molecule has 0 unspecified atom stereocenters. The van der Waals surface area contributed by atoms with E-state index in [0.29, 0.717) is 19.7 Å². The van der Waals surface area contributed by atoms with Crippen LogP contribution in [0.4, 0.5) is 0 Å². The van der Waals surface area contributed by atoms with Crippen molar-refractivity contribution >= 4 is 8.80 Å². The predicted octanol–water partition coefficient (Wildman–Crippen LogP) is -0.548. The van der Waals surface area contributed by atoms with Crippen molar-refractivity contribution in [1.82, 2.24) is 6.15 Å². The fraction of sp³-hybridized carbons (Fsp3) is 1.00. The van der Waals surface area contributed by atoms with E-state index in [9.17, 15) is 0 Å². The van der Waals surface area contributed by atoms with Gasteiger partial charge in [-0.15, -0.1) is 0 Å². The van der Waals surface area contributed by atoms with Gasteiger partial charge in [0.25, 0.3) is 0 Å². The normalized spacial score (nSPS) is 11.2. The summed E-state index contributed by atoms with van der Waals surface area (Å²) in [6.45, 7) is 1.84. The summed E-state index contributed by atoms with van der Waals surface area (Å²) in [5.74, 6) is 0. The van der Waals surface area contributed by atoms with Gasteiger partial charge in [-0.2, -0.15) is 0 Å². The maximum Gasteiger partial charge on any atom is 0.500 e. The van der Waals surface area contributed by atoms with Crippen molar-refractivity contribution in [2.24, 2.45) is 11.5 Å². The second kappa shape index (κ2) is 10.5. The van der Waals surface area contributed by atoms with Gasteiger partial charge in [0.2, 0.25) is 0 Å². The Labute approximate surface area is 93.2 Å². The summed E-state index contributed by atoms with van der Waals surface area (Å²) in [5.41, 5.74) is 10.8. The van der Waals surface area contributed by atoms with Gasteiger partial charge in [-0.25, -0.2) is 0 Å². The van der Waals surface area contributed by atoms with Crippen LogP contribution in [0.2, 0.25) is 6.04 Å². The predicted molar refractivity (Wildman–Crippen MR) is 60.0 cm³/mol. The highest BCUT2D eigenvalue weighted by Gasteiger charge is 2.37. The van der Waals surface area contributed by atoms with E-state index in [1.54, 1.807) is 14.2 Å². The molecule has 0 spiro atoms. The van der Waals surface area contributed by atoms with Crippen LogP contribution in [0.25, 0.3) is 0 Å². The second-order valence-electron chi connectivity index (χ2n) is 2.97. The van der Waals surface area contributed by atoms with Crippen molar-refractivity contribution < 1.29 is 13.3 Å². The quantitative estimate of drug-likeness (QED) is 0.412. The Morgan fingerprint density at radius 1 is 1.00 bits per heavy atom. The van der Waals surface area contributed by atoms with Crippen molar-refractivity contribution in [3.8, 4) is 0 Å². The van der Waals surface area contributed by atoms with Crippen molar-refractivity contribution in [3.05, 3.63) is 0 Å². The van der Waals surface area contributed by atoms with Crippen LogP contribution in [0, 0.1) is 0 Å². The number of rotatable bonds is 9. The number of hydrogen-bond acceptors (Lipinski definition) is 5. The molecule has 0 aliphatic rings. The molecule has 0 aromatic rings. The monoisotopic (exact) mass is 236 g/mol. The third-order valence-corrected chi connectivity index (χ3v) is 4.83. The standard InChI is InChI=1S/C8H22N2O3Si.N/c1-11-14(12-2,8-4-6-10)13-7-3-5-9;/h3-10H2,1-2H3;. The molecule has 4 N–H and O–H groups in total. The van der Waals surface area contributed by atoms with Gasteiger partial charge in [-0.3, -0.25) is 0 Å². The highest BCUT2D eigenvalue weighted by molar-refractivity contribution is 6.60. The van der Waals surface area contributed by atoms with Crippen LogP contribution in [0.1, 0.15) is 12.8 Å². The number of nitrogens with zero attached hydrogens (tertiary/aromatic N) is 1. The minimum absolute atomic E-state index is 0. The molecule has 91 valence electrons. The van der Waals surface area contributed by atoms with Gasteiger partial charge in [0.05, 0.1) is 0 Å². The molecule has 0 atom stereocenters. The first kappa shape index (κ1) is 17.4. The number of hydrogen-bond donors (Lipinski definition) is 2. The lowest BCUT2D eigenvalue weighted by atomic mass is 10.5. The largest absolute Gasteiger partial charge is 0.500 e. The smallest absolute Gasteiger partial charge is 0.377 e. The van der Waals surface area contributed by atoms with Gasteiger partial charge in [-0.05, 0) is 25.9 Å². The fourth-order valence-corrected chi connectivity index (χ4v) is 3.15. The molecule has 6 nitrogen and oxygen atoms in total. The Bertz CT molecular complexity index is 136. The van der Waals surface area contributed by atoms with Crippen LogP contribution < -0.4 is 17.6 Å². The average Bonchev–Trinajstić information content (AvgIpc) is 2.24. The molecule has 0 aliphatic carbocycles. The zero-order chi connectivity index (χ0) is 10.9. The molecule has 0 aromatic carbocycles. The van der Waals surface area contributed by atoms with E-state index in [0.717, 1.165) is 18.9 Å². The minimum Gasteiger partial charge on any atom is -0.377 e. The topological polar surface area (TPSA) is 110 Å². The first-order valence-electron chi connectivity index (χ1n) is 4.89. The Balaban J connectivity index is 0. The molecule has 0 saturated heterocycles. The molecule has 0 bridgehead atoms. The lowest BCUT2D eigenvalue weighted by Gasteiger charge is -2.26. The molecule has 3 radical (unpaired) electrons. The first-order chi connectivity index (χ1) is 6.74. The lowest BCUT2D eigenvalue weighted by Crippen LogP contribution is -2.44. The second-order valence-corrected chi connectivity index (χ2v) is 5.95. The van der Waals surface area contributed by atoms with Crippen LogP contribution in [0.5, 0.6) is 0 Å². The molecule has 15 heavy (non-hydrogen) atoms. The van der Waals surface area contributed by atoms with E-state index >= 15 is 0 Å². The van der Waals surface area contributed by atoms with Gasteiger partial charge in [0.1, 0.15) is 0 Å². The van der Waals surface area contributed by atoms with Gasteiger partial charge < -0.3 is 24.7 Å². The van der Waals surface area contributed by atoms with Gasteiger partial charge in [-0.1, -0.05) is 0 Å². The van der Waals surface area contributed by atoms with Crippen LogP contribution >= 0.6 is 0 Å². The molecule has 0 amide bonds. The van der Waals surface area contributed by atoms with E-state index < -0.39 is 8.80 Å². The van der Waals surface area contributed by atoms with Crippen molar-refractivity contribution in [2.75, 3.05) is 33.9 Å². The lowest BCUT2D eigenvalue weighted by molar-refractivity contribution is 0.0973. The van der Waals surface area contributed by atoms with E-state index in [4.69, 9.17) is 24.7 Å². The molecule has 0 rings (SSSR count). The molecule has 0 fully saturated rings. The van der Waals surface area contributed by atoms with Crippen LogP contribution in [0.3, 0.4) is 0 Å². The highest BCUT2D eigenvalue weighted by atomic mass is 28.4. The van der Waals surface area contributed by atoms with Crippen LogP contribution in [-0.4, -0.2) is 42.7 Å². The third kappa shape index (κ3) is 6.96. The minimum atomic E-state index is -2.44. The zero-order valence-electron chi connectivity index (χ0n) is 9.57. The Morgan fingerprint density at radius 2 is 1.53 bits per heavy atom. The zero-order valence-corrected chi connectivity index (χ0v) is 10.6. The van der Waals surface area contributed by atoms with Gasteiger partial charge >= 0.3 is 8.80 Å². The Hall–Kier alpha value is -0.0231. The van der Waals surface area contributed by atoms with E-state index in [1.807, 2.05) is 0 Å². The van der Waals surface area contributed by atoms with E-state index in [2.05, 4.69) is 0 Å². The summed E-state index contributed by atoms with van der Waals surface area (Å²) in [4.78, 5) is 0. The molecule has 0 aliphatic heterocycles. The SMILES string of the molecule is CO[Si](CCCN)(OC)OCCCN.[N]. The van der Waals surface area contributed by atoms with Crippen LogP contribution in [-0.2, 0) is 13.3 Å². The molecule has 0 saturated carbocycles. The fourth-order valence-electron chi connectivity index (χ4n) is 1.11. The maximum atomic E-state index is 5.63. The molecular weight excluding hydrogens is 214 g/mol. The molecular formula is C8H22N3O3Si. The number of nitrogens with two attached hydrogens (primary N) is 2. The van der Waals surface area contributed by atoms with Crippen LogP contribution in [0.15, 0.2) is 0 Å². The first-order valence-corrected chi connectivity index (χ1v) is 6.82. The van der Waals surface area contributed by atoms with E-state index in [1.165, 1.54) is 0 Å². The Kier molecular flexibility index (Phi) is 12.2. The van der Waals surface area contributed by atoms with Crippen molar-refractivity contribution in [3.63, 3.8) is 0 Å². The Morgan fingerprint density at radius 3 is 1.93 bits per heavy atom. The highest BCUT2D eigenvalue weighted by Crippen LogP contribution is 2.15. The van der Waals surface area contributed by atoms with E-state index in [-0.39, 0.29) is 6.15 Å². The molecule has 0 heterocycles. The van der Waals surface area contributed by atoms with Gasteiger partial charge in [0, 0.05) is 33.0 Å². The summed E-state index contributed by atoms with van der Waals surface area (Å²) in [6.07, 6.45) is 1.68. The average molecular weight is 236 g/mol. The van der Waals surface area contributed by atoms with Crippen molar-refractivity contribution in [2.45, 2.75) is 18.9 Å². The molecule has 7 heteroatoms.